The third-order valence-corrected chi connectivity index (χ3v) is 3.49. The number of urea groups is 1. The summed E-state index contributed by atoms with van der Waals surface area (Å²) in [6, 6.07) is -0.794. The minimum atomic E-state index is -0.421. The van der Waals surface area contributed by atoms with Crippen LogP contribution in [0.5, 0.6) is 0 Å². The zero-order valence-corrected chi connectivity index (χ0v) is 11.9. The van der Waals surface area contributed by atoms with Crippen molar-refractivity contribution in [2.24, 2.45) is 4.99 Å². The third-order valence-electron chi connectivity index (χ3n) is 3.49. The first-order chi connectivity index (χ1) is 8.97. The van der Waals surface area contributed by atoms with Crippen molar-refractivity contribution in [3.05, 3.63) is 0 Å². The Hall–Kier alpha value is -1.79. The van der Waals surface area contributed by atoms with Crippen LogP contribution in [0.2, 0.25) is 0 Å². The van der Waals surface area contributed by atoms with Crippen LogP contribution < -0.4 is 5.32 Å². The molecule has 0 aromatic rings. The van der Waals surface area contributed by atoms with E-state index in [-0.39, 0.29) is 11.9 Å². The Kier molecular flexibility index (Phi) is 3.64. The third kappa shape index (κ3) is 2.24. The van der Waals surface area contributed by atoms with E-state index < -0.39 is 12.2 Å². The van der Waals surface area contributed by atoms with Crippen LogP contribution in [0, 0.1) is 0 Å². The highest BCUT2D eigenvalue weighted by Gasteiger charge is 2.48. The van der Waals surface area contributed by atoms with E-state index in [0.717, 1.165) is 25.3 Å². The molecule has 2 unspecified atom stereocenters. The van der Waals surface area contributed by atoms with Crippen LogP contribution in [-0.4, -0.2) is 72.5 Å². The normalized spacial score (nSPS) is 26.2. The van der Waals surface area contributed by atoms with Gasteiger partial charge in [-0.3, -0.25) is 10.1 Å². The molecule has 0 radical (unpaired) electrons. The first kappa shape index (κ1) is 13.6. The molecular weight excluding hydrogens is 246 g/mol. The van der Waals surface area contributed by atoms with E-state index in [1.54, 1.807) is 7.05 Å². The minimum Gasteiger partial charge on any atom is -0.349 e. The fourth-order valence-corrected chi connectivity index (χ4v) is 2.45. The molecule has 1 fully saturated rings. The Balaban J connectivity index is 2.29. The lowest BCUT2D eigenvalue weighted by Crippen LogP contribution is -2.64. The molecule has 2 rings (SSSR count). The molecule has 0 aromatic carbocycles. The first-order valence-electron chi connectivity index (χ1n) is 6.56. The van der Waals surface area contributed by atoms with Crippen molar-refractivity contribution < 1.29 is 9.59 Å². The maximum atomic E-state index is 12.1. The number of rotatable bonds is 3. The molecule has 1 N–H and O–H groups in total. The second-order valence-electron chi connectivity index (χ2n) is 5.13. The van der Waals surface area contributed by atoms with Crippen molar-refractivity contribution in [1.29, 1.82) is 0 Å². The summed E-state index contributed by atoms with van der Waals surface area (Å²) >= 11 is 0. The largest absolute Gasteiger partial charge is 0.349 e. The van der Waals surface area contributed by atoms with Crippen LogP contribution in [0.3, 0.4) is 0 Å². The molecule has 2 aliphatic heterocycles. The molecule has 0 spiro atoms. The Labute approximate surface area is 113 Å². The molecule has 0 aromatic heterocycles. The zero-order chi connectivity index (χ0) is 14.2. The Morgan fingerprint density at radius 2 is 2.05 bits per heavy atom. The molecule has 3 amide bonds. The van der Waals surface area contributed by atoms with E-state index >= 15 is 0 Å². The summed E-state index contributed by atoms with van der Waals surface area (Å²) in [5.41, 5.74) is 0. The number of nitrogens with zero attached hydrogens (tertiary/aromatic N) is 4. The summed E-state index contributed by atoms with van der Waals surface area (Å²) in [5, 5.41) is 2.38. The van der Waals surface area contributed by atoms with E-state index in [9.17, 15) is 9.59 Å². The summed E-state index contributed by atoms with van der Waals surface area (Å²) in [5.74, 6) is 0.505. The van der Waals surface area contributed by atoms with Crippen molar-refractivity contribution in [1.82, 2.24) is 20.0 Å². The maximum absolute atomic E-state index is 12.1. The van der Waals surface area contributed by atoms with E-state index in [1.807, 2.05) is 23.9 Å². The van der Waals surface area contributed by atoms with Crippen LogP contribution in [0.25, 0.3) is 0 Å². The van der Waals surface area contributed by atoms with Gasteiger partial charge in [0.25, 0.3) is 5.91 Å². The van der Waals surface area contributed by atoms with Crippen LogP contribution in [0.4, 0.5) is 4.79 Å². The fourth-order valence-electron chi connectivity index (χ4n) is 2.45. The summed E-state index contributed by atoms with van der Waals surface area (Å²) in [6.07, 6.45) is 1.61. The van der Waals surface area contributed by atoms with Gasteiger partial charge in [-0.15, -0.1) is 0 Å². The van der Waals surface area contributed by atoms with E-state index in [1.165, 1.54) is 4.90 Å². The standard InChI is InChI=1S/C12H21N5O2/c1-5-6-7-17-8-9(13-11(17)15(2)3)16(4)12(19)14-10(8)18/h8-9H,5-7H2,1-4H3,(H,14,18,19). The minimum absolute atomic E-state index is 0.259. The summed E-state index contributed by atoms with van der Waals surface area (Å²) in [7, 11) is 5.46. The van der Waals surface area contributed by atoms with Crippen molar-refractivity contribution in [2.45, 2.75) is 32.0 Å². The average Bonchev–Trinajstić information content (AvgIpc) is 2.73. The van der Waals surface area contributed by atoms with Crippen LogP contribution in [-0.2, 0) is 4.79 Å². The highest BCUT2D eigenvalue weighted by atomic mass is 16.2. The fraction of sp³-hybridized carbons (Fsp3) is 0.750. The quantitative estimate of drug-likeness (QED) is 0.775. The lowest BCUT2D eigenvalue weighted by Gasteiger charge is -2.36. The Morgan fingerprint density at radius 1 is 1.37 bits per heavy atom. The van der Waals surface area contributed by atoms with E-state index in [2.05, 4.69) is 17.2 Å². The van der Waals surface area contributed by atoms with Gasteiger partial charge >= 0.3 is 6.03 Å². The molecule has 2 heterocycles. The SMILES string of the molecule is CCCCN1C(N(C)C)=NC2C1C(=O)NC(=O)N2C. The van der Waals surface area contributed by atoms with Crippen LogP contribution in [0.15, 0.2) is 4.99 Å². The second-order valence-corrected chi connectivity index (χ2v) is 5.13. The van der Waals surface area contributed by atoms with Gasteiger partial charge in [-0.25, -0.2) is 9.79 Å². The van der Waals surface area contributed by atoms with Gasteiger partial charge < -0.3 is 14.7 Å². The van der Waals surface area contributed by atoms with Crippen molar-refractivity contribution >= 4 is 17.9 Å². The van der Waals surface area contributed by atoms with Gasteiger partial charge in [0.05, 0.1) is 0 Å². The second kappa shape index (κ2) is 5.07. The van der Waals surface area contributed by atoms with Gasteiger partial charge in [-0.2, -0.15) is 0 Å². The van der Waals surface area contributed by atoms with Gasteiger partial charge in [0, 0.05) is 27.7 Å². The molecule has 1 saturated heterocycles. The number of unbranched alkanes of at least 4 members (excludes halogenated alkanes) is 1. The maximum Gasteiger partial charge on any atom is 0.325 e. The first-order valence-corrected chi connectivity index (χ1v) is 6.56. The highest BCUT2D eigenvalue weighted by Crippen LogP contribution is 2.24. The topological polar surface area (TPSA) is 68.2 Å². The number of guanidine groups is 1. The number of fused-ring (bicyclic) bond motifs is 1. The van der Waals surface area contributed by atoms with E-state index in [4.69, 9.17) is 0 Å². The molecule has 2 atom stereocenters. The summed E-state index contributed by atoms with van der Waals surface area (Å²) in [6.45, 7) is 2.88. The molecule has 0 saturated carbocycles. The lowest BCUT2D eigenvalue weighted by atomic mass is 10.1. The number of aliphatic imine (C=N–C) groups is 1. The number of likely N-dealkylation sites (N-methyl/N-ethyl adjacent to an activating group) is 1. The van der Waals surface area contributed by atoms with Gasteiger partial charge in [0.1, 0.15) is 0 Å². The number of imide groups is 1. The number of nitrogens with one attached hydrogen (secondary N) is 1. The molecular formula is C12H21N5O2. The summed E-state index contributed by atoms with van der Waals surface area (Å²) in [4.78, 5) is 33.6. The molecule has 106 valence electrons. The van der Waals surface area contributed by atoms with Crippen molar-refractivity contribution in [3.8, 4) is 0 Å². The number of carbonyl (C=O) groups is 2. The Bertz CT molecular complexity index is 420. The molecule has 2 aliphatic rings. The van der Waals surface area contributed by atoms with Crippen LogP contribution >= 0.6 is 0 Å². The lowest BCUT2D eigenvalue weighted by molar-refractivity contribution is -0.127. The molecule has 0 aliphatic carbocycles. The van der Waals surface area contributed by atoms with Crippen LogP contribution in [0.1, 0.15) is 19.8 Å². The van der Waals surface area contributed by atoms with E-state index in [0.29, 0.717) is 0 Å². The number of hydrogen-bond donors (Lipinski definition) is 1. The van der Waals surface area contributed by atoms with Gasteiger partial charge in [0.15, 0.2) is 18.2 Å². The van der Waals surface area contributed by atoms with Crippen molar-refractivity contribution in [2.75, 3.05) is 27.7 Å². The zero-order valence-electron chi connectivity index (χ0n) is 11.9. The molecule has 7 heteroatoms. The number of carbonyl (C=O) groups excluding carboxylic acids is 2. The van der Waals surface area contributed by atoms with Gasteiger partial charge in [0.2, 0.25) is 0 Å². The molecule has 19 heavy (non-hydrogen) atoms. The Morgan fingerprint density at radius 3 is 2.63 bits per heavy atom. The number of amides is 3. The predicted molar refractivity (Wildman–Crippen MR) is 71.6 cm³/mol. The number of hydrogen-bond acceptors (Lipinski definition) is 5. The van der Waals surface area contributed by atoms with Gasteiger partial charge in [-0.1, -0.05) is 13.3 Å². The monoisotopic (exact) mass is 267 g/mol. The smallest absolute Gasteiger partial charge is 0.325 e. The highest BCUT2D eigenvalue weighted by molar-refractivity contribution is 6.03. The predicted octanol–water partition coefficient (Wildman–Crippen LogP) is -0.104. The molecule has 7 nitrogen and oxygen atoms in total. The summed E-state index contributed by atoms with van der Waals surface area (Å²) < 4.78 is 0. The average molecular weight is 267 g/mol. The van der Waals surface area contributed by atoms with Gasteiger partial charge in [-0.05, 0) is 6.42 Å². The van der Waals surface area contributed by atoms with Crippen molar-refractivity contribution in [3.63, 3.8) is 0 Å². The molecule has 0 bridgehead atoms.